The van der Waals surface area contributed by atoms with Crippen LogP contribution in [0.1, 0.15) is 131 Å². The third kappa shape index (κ3) is 6.87. The van der Waals surface area contributed by atoms with Gasteiger partial charge in [0.05, 0.1) is 12.2 Å². The highest BCUT2D eigenvalue weighted by Crippen LogP contribution is 2.74. The van der Waals surface area contributed by atoms with E-state index in [9.17, 15) is 49.2 Å². The monoisotopic (exact) mass is 1070 g/mol. The summed E-state index contributed by atoms with van der Waals surface area (Å²) in [5.74, 6) is -7.05. The first-order chi connectivity index (χ1) is 35.5. The molecule has 0 aliphatic heterocycles. The normalized spacial score (nSPS) is 52.6. The van der Waals surface area contributed by atoms with Crippen molar-refractivity contribution in [1.82, 2.24) is 0 Å². The van der Waals surface area contributed by atoms with E-state index in [1.165, 1.54) is 38.2 Å². The minimum Gasteiger partial charge on any atom is -0.478 e. The Morgan fingerprint density at radius 1 is 0.553 bits per heavy atom. The first-order valence-electron chi connectivity index (χ1n) is 27.7. The van der Waals surface area contributed by atoms with Crippen LogP contribution < -0.4 is 0 Å². The molecule has 12 aliphatic rings. The summed E-state index contributed by atoms with van der Waals surface area (Å²) < 4.78 is 88.8. The van der Waals surface area contributed by atoms with Gasteiger partial charge in [-0.3, -0.25) is 9.59 Å². The van der Waals surface area contributed by atoms with Gasteiger partial charge in [0.1, 0.15) is 24.6 Å². The molecule has 18 heteroatoms. The van der Waals surface area contributed by atoms with Crippen LogP contribution in [-0.2, 0) is 38.1 Å². The highest BCUT2D eigenvalue weighted by Gasteiger charge is 2.81. The van der Waals surface area contributed by atoms with Crippen molar-refractivity contribution in [1.29, 1.82) is 0 Å². The van der Waals surface area contributed by atoms with Gasteiger partial charge in [-0.1, -0.05) is 39.8 Å². The lowest BCUT2D eigenvalue weighted by Gasteiger charge is -2.62. The molecule has 0 unspecified atom stereocenters. The maximum absolute atomic E-state index is 17.3. The predicted molar refractivity (Wildman–Crippen MR) is 261 cm³/mol. The van der Waals surface area contributed by atoms with Gasteiger partial charge in [-0.15, -0.1) is 0 Å². The molecule has 0 aromatic rings. The van der Waals surface area contributed by atoms with Crippen molar-refractivity contribution in [2.75, 3.05) is 0 Å². The van der Waals surface area contributed by atoms with Gasteiger partial charge in [-0.2, -0.15) is 0 Å². The molecule has 0 radical (unpaired) electrons. The van der Waals surface area contributed by atoms with Crippen LogP contribution in [0.3, 0.4) is 0 Å². The second-order valence-corrected chi connectivity index (χ2v) is 26.4. The van der Waals surface area contributed by atoms with Crippen molar-refractivity contribution in [2.24, 2.45) is 80.8 Å². The Balaban J connectivity index is 0.000000162. The number of aliphatic hydroxyl groups excluding tert-OH is 2. The van der Waals surface area contributed by atoms with Crippen LogP contribution in [0.4, 0.5) is 27.2 Å². The lowest BCUT2D eigenvalue weighted by atomic mass is 9.44. The number of aliphatic carboxylic acids is 2. The van der Waals surface area contributed by atoms with Crippen molar-refractivity contribution in [2.45, 2.75) is 191 Å². The van der Waals surface area contributed by atoms with Gasteiger partial charge in [0, 0.05) is 45.3 Å². The Kier molecular flexibility index (Phi) is 12.3. The summed E-state index contributed by atoms with van der Waals surface area (Å²) in [6.07, 6.45) is 4.78. The van der Waals surface area contributed by atoms with Crippen LogP contribution in [0.15, 0.2) is 47.6 Å². The van der Waals surface area contributed by atoms with E-state index in [1.54, 1.807) is 27.7 Å². The maximum Gasteiger partial charge on any atom is 0.509 e. The molecule has 14 nitrogen and oxygen atoms in total. The minimum atomic E-state index is -2.33. The summed E-state index contributed by atoms with van der Waals surface area (Å²) in [4.78, 5) is 76.2. The maximum atomic E-state index is 17.3. The number of allylic oxidation sites excluding steroid dienone is 8. The molecule has 12 aliphatic carbocycles. The second kappa shape index (κ2) is 17.5. The number of aliphatic hydroxyl groups is 2. The van der Waals surface area contributed by atoms with E-state index < -0.39 is 140 Å². The smallest absolute Gasteiger partial charge is 0.478 e. The van der Waals surface area contributed by atoms with Gasteiger partial charge in [0.15, 0.2) is 22.9 Å². The van der Waals surface area contributed by atoms with E-state index in [2.05, 4.69) is 0 Å². The molecule has 0 heterocycles. The molecule has 4 N–H and O–H groups in total. The van der Waals surface area contributed by atoms with Gasteiger partial charge in [0.25, 0.3) is 0 Å². The number of hydrogen-bond acceptors (Lipinski definition) is 12. The quantitative estimate of drug-likeness (QED) is 0.144. The second-order valence-electron chi connectivity index (χ2n) is 26.4. The molecule has 10 saturated carbocycles. The molecular formula is C58H72F4O14. The van der Waals surface area contributed by atoms with Crippen molar-refractivity contribution in [3.05, 3.63) is 47.6 Å². The molecule has 0 saturated heterocycles. The highest BCUT2D eigenvalue weighted by molar-refractivity contribution is 6.02. The molecule has 0 aromatic heterocycles. The van der Waals surface area contributed by atoms with E-state index in [0.29, 0.717) is 11.8 Å². The molecular weight excluding hydrogens is 997 g/mol. The molecule has 4 bridgehead atoms. The standard InChI is InChI=1S/2C29H36F2O7/c2*1-14-8-18-19-12-21(30)20-11-17(32)6-7-26(20,2)28(19,31)23(33)13-27(18,3)29(14,24(34)35)38-25(36)37-22-10-15-4-5-16(22)9-15/h2*6-7,11,14-16,18-19,21-23,33H,4-5,8-10,12-13H2,1-3H3,(H,34,35)/t14-,15+,16-,18+,19+,21+,22-,23+,26+,27+,28+,29+;14-,15-,16+,18+,19+,21+,22+,23+,26+,27+,28+,29+/m11/s1. The van der Waals surface area contributed by atoms with E-state index in [0.717, 1.165) is 63.5 Å². The zero-order valence-corrected chi connectivity index (χ0v) is 44.0. The number of hydrogen-bond donors (Lipinski definition) is 4. The zero-order chi connectivity index (χ0) is 54.8. The number of halogens is 4. The molecule has 24 atom stereocenters. The van der Waals surface area contributed by atoms with Crippen LogP contribution in [-0.4, -0.2) is 116 Å². The molecule has 0 aromatic carbocycles. The fraction of sp³-hybridized carbons (Fsp3) is 0.759. The first kappa shape index (κ1) is 53.4. The molecule has 12 rings (SSSR count). The fourth-order valence-electron chi connectivity index (χ4n) is 19.7. The van der Waals surface area contributed by atoms with Crippen LogP contribution in [0, 0.1) is 80.8 Å². The minimum absolute atomic E-state index is 0.00707. The van der Waals surface area contributed by atoms with E-state index >= 15 is 17.6 Å². The van der Waals surface area contributed by atoms with Crippen LogP contribution in [0.25, 0.3) is 0 Å². The summed E-state index contributed by atoms with van der Waals surface area (Å²) >= 11 is 0. The Labute approximate surface area is 439 Å². The van der Waals surface area contributed by atoms with Crippen molar-refractivity contribution in [3.8, 4) is 0 Å². The molecule has 416 valence electrons. The lowest BCUT2D eigenvalue weighted by Crippen LogP contribution is -2.71. The largest absolute Gasteiger partial charge is 0.509 e. The molecule has 10 fully saturated rings. The van der Waals surface area contributed by atoms with Gasteiger partial charge in [-0.05, 0) is 175 Å². The Morgan fingerprint density at radius 2 is 0.921 bits per heavy atom. The molecule has 76 heavy (non-hydrogen) atoms. The Hall–Kier alpha value is -4.58. The molecule has 0 spiro atoms. The fourth-order valence-corrected chi connectivity index (χ4v) is 19.7. The number of fused-ring (bicyclic) bond motifs is 14. The number of carboxylic acid groups (broad SMARTS) is 2. The van der Waals surface area contributed by atoms with Gasteiger partial charge in [0.2, 0.25) is 11.2 Å². The van der Waals surface area contributed by atoms with E-state index in [1.807, 2.05) is 0 Å². The number of carbonyl (C=O) groups excluding carboxylic acids is 4. The summed E-state index contributed by atoms with van der Waals surface area (Å²) in [5.41, 5.74) is -14.7. The van der Waals surface area contributed by atoms with E-state index in [4.69, 9.17) is 18.9 Å². The average Bonchev–Trinajstić information content (AvgIpc) is 4.22. The number of rotatable bonds is 6. The van der Waals surface area contributed by atoms with Crippen molar-refractivity contribution < 1.29 is 85.7 Å². The number of carboxylic acids is 2. The Bertz CT molecular complexity index is 2480. The van der Waals surface area contributed by atoms with Gasteiger partial charge >= 0.3 is 24.2 Å². The van der Waals surface area contributed by atoms with Gasteiger partial charge in [-0.25, -0.2) is 36.7 Å². The van der Waals surface area contributed by atoms with Crippen LogP contribution >= 0.6 is 0 Å². The van der Waals surface area contributed by atoms with Crippen LogP contribution in [0.2, 0.25) is 0 Å². The lowest BCUT2D eigenvalue weighted by molar-refractivity contribution is -0.232. The average molecular weight is 1070 g/mol. The Morgan fingerprint density at radius 3 is 1.24 bits per heavy atom. The summed E-state index contributed by atoms with van der Waals surface area (Å²) in [5, 5.41) is 44.1. The summed E-state index contributed by atoms with van der Waals surface area (Å²) in [6, 6.07) is 0. The highest BCUT2D eigenvalue weighted by atomic mass is 19.2. The van der Waals surface area contributed by atoms with E-state index in [-0.39, 0.29) is 73.7 Å². The summed E-state index contributed by atoms with van der Waals surface area (Å²) in [6.45, 7) is 9.53. The molecule has 0 amide bonds. The number of alkyl halides is 4. The topological polar surface area (TPSA) is 220 Å². The van der Waals surface area contributed by atoms with Gasteiger partial charge < -0.3 is 39.4 Å². The van der Waals surface area contributed by atoms with Crippen LogP contribution in [0.5, 0.6) is 0 Å². The zero-order valence-electron chi connectivity index (χ0n) is 44.0. The first-order valence-corrected chi connectivity index (χ1v) is 27.7. The van der Waals surface area contributed by atoms with Crippen molar-refractivity contribution >= 4 is 35.8 Å². The summed E-state index contributed by atoms with van der Waals surface area (Å²) in [7, 11) is 0. The predicted octanol–water partition coefficient (Wildman–Crippen LogP) is 9.43. The SMILES string of the molecule is C[C@@H]1C[C@H]2[C@@H]3C[C@H](F)C4=CC(=O)C=C[C@]4(C)[C@@]3(F)[C@@H](O)C[C@]2(C)[C@@]1(OC(=O)O[C@@H]1C[C@H]2CC[C@@H]1C2)C(=O)O.C[C@@H]1C[C@H]2[C@@H]3C[C@H](F)C4=CC(=O)C=C[C@]4(C)[C@@]3(F)[C@@H](O)C[C@]2(C)[C@@]1(OC(=O)O[C@H]1C[C@@H]2CC[C@H]1C2)C(=O)O. The third-order valence-electron chi connectivity index (χ3n) is 23.3. The number of ether oxygens (including phenoxy) is 4. The number of ketones is 2. The number of carbonyl (C=O) groups is 6. The third-order valence-corrected chi connectivity index (χ3v) is 23.3. The van der Waals surface area contributed by atoms with Crippen molar-refractivity contribution in [3.63, 3.8) is 0 Å².